The van der Waals surface area contributed by atoms with E-state index in [-0.39, 0.29) is 0 Å². The number of carbonyl (C=O) groups is 1. The smallest absolute Gasteiger partial charge is 0.338 e. The Morgan fingerprint density at radius 3 is 1.88 bits per heavy atom. The second kappa shape index (κ2) is 6.31. The molecule has 0 heterocycles. The van der Waals surface area contributed by atoms with Gasteiger partial charge in [0.15, 0.2) is 0 Å². The van der Waals surface area contributed by atoms with Crippen LogP contribution in [0.2, 0.25) is 0 Å². The van der Waals surface area contributed by atoms with Gasteiger partial charge < -0.3 is 30.3 Å². The molecule has 0 saturated heterocycles. The second-order valence-corrected chi connectivity index (χ2v) is 3.50. The number of aliphatic carboxylic acids is 1. The first-order chi connectivity index (χ1) is 7.42. The SMILES string of the molecule is CC(C(=O)O)=C(O)OCC(CO)(CO)CO. The zero-order valence-corrected chi connectivity index (χ0v) is 8.88. The van der Waals surface area contributed by atoms with Gasteiger partial charge in [-0.15, -0.1) is 0 Å². The van der Waals surface area contributed by atoms with E-state index >= 15 is 0 Å². The van der Waals surface area contributed by atoms with Gasteiger partial charge in [0.25, 0.3) is 5.95 Å². The van der Waals surface area contributed by atoms with Gasteiger partial charge >= 0.3 is 5.97 Å². The summed E-state index contributed by atoms with van der Waals surface area (Å²) in [6.45, 7) is -0.929. The lowest BCUT2D eigenvalue weighted by Crippen LogP contribution is -2.38. The molecule has 0 aliphatic rings. The third-order valence-corrected chi connectivity index (χ3v) is 2.16. The van der Waals surface area contributed by atoms with Crippen LogP contribution in [0.4, 0.5) is 0 Å². The first-order valence-electron chi connectivity index (χ1n) is 4.51. The van der Waals surface area contributed by atoms with Gasteiger partial charge in [-0.25, -0.2) is 4.79 Å². The summed E-state index contributed by atoms with van der Waals surface area (Å²) < 4.78 is 4.68. The molecule has 0 spiro atoms. The summed E-state index contributed by atoms with van der Waals surface area (Å²) in [6.07, 6.45) is 0. The van der Waals surface area contributed by atoms with Gasteiger partial charge in [-0.05, 0) is 6.92 Å². The maximum Gasteiger partial charge on any atom is 0.338 e. The fraction of sp³-hybridized carbons (Fsp3) is 0.667. The highest BCUT2D eigenvalue weighted by Gasteiger charge is 2.30. The number of aliphatic hydroxyl groups excluding tert-OH is 4. The second-order valence-electron chi connectivity index (χ2n) is 3.50. The molecule has 7 nitrogen and oxygen atoms in total. The molecular formula is C9H16O7. The Labute approximate surface area is 92.2 Å². The molecule has 16 heavy (non-hydrogen) atoms. The fourth-order valence-electron chi connectivity index (χ4n) is 0.708. The maximum absolute atomic E-state index is 10.4. The van der Waals surface area contributed by atoms with E-state index in [1.54, 1.807) is 0 Å². The summed E-state index contributed by atoms with van der Waals surface area (Å²) in [5, 5.41) is 44.4. The van der Waals surface area contributed by atoms with Crippen molar-refractivity contribution in [2.45, 2.75) is 6.92 Å². The highest BCUT2D eigenvalue weighted by Crippen LogP contribution is 2.17. The molecule has 0 aromatic heterocycles. The van der Waals surface area contributed by atoms with E-state index in [9.17, 15) is 4.79 Å². The van der Waals surface area contributed by atoms with Gasteiger partial charge in [0.1, 0.15) is 12.2 Å². The van der Waals surface area contributed by atoms with Gasteiger partial charge in [-0.3, -0.25) is 0 Å². The highest BCUT2D eigenvalue weighted by atomic mass is 16.6. The molecule has 0 radical (unpaired) electrons. The van der Waals surface area contributed by atoms with Crippen molar-refractivity contribution in [1.29, 1.82) is 0 Å². The number of rotatable bonds is 7. The minimum atomic E-state index is -1.35. The minimum absolute atomic E-state index is 0.396. The average molecular weight is 236 g/mol. The lowest BCUT2D eigenvalue weighted by atomic mass is 9.93. The summed E-state index contributed by atoms with van der Waals surface area (Å²) in [5.74, 6) is -2.16. The average Bonchev–Trinajstić information content (AvgIpc) is 2.30. The van der Waals surface area contributed by atoms with Crippen LogP contribution in [0.15, 0.2) is 11.5 Å². The molecule has 0 amide bonds. The van der Waals surface area contributed by atoms with Crippen molar-refractivity contribution in [3.8, 4) is 0 Å². The molecular weight excluding hydrogens is 220 g/mol. The molecule has 0 bridgehead atoms. The number of ether oxygens (including phenoxy) is 1. The van der Waals surface area contributed by atoms with Crippen molar-refractivity contribution in [1.82, 2.24) is 0 Å². The maximum atomic E-state index is 10.4. The Bertz CT molecular complexity index is 259. The zero-order valence-electron chi connectivity index (χ0n) is 8.88. The number of aliphatic hydroxyl groups is 4. The number of hydrogen-bond acceptors (Lipinski definition) is 6. The van der Waals surface area contributed by atoms with E-state index in [0.29, 0.717) is 0 Å². The van der Waals surface area contributed by atoms with Crippen LogP contribution in [-0.4, -0.2) is 57.9 Å². The largest absolute Gasteiger partial charge is 0.481 e. The first-order valence-corrected chi connectivity index (χ1v) is 4.51. The quantitative estimate of drug-likeness (QED) is 0.278. The first kappa shape index (κ1) is 14.7. The molecule has 0 aliphatic carbocycles. The van der Waals surface area contributed by atoms with Crippen molar-refractivity contribution >= 4 is 5.97 Å². The summed E-state index contributed by atoms with van der Waals surface area (Å²) in [7, 11) is 0. The molecule has 0 saturated carbocycles. The third-order valence-electron chi connectivity index (χ3n) is 2.16. The number of carboxylic acids is 1. The molecule has 0 aromatic rings. The fourth-order valence-corrected chi connectivity index (χ4v) is 0.708. The van der Waals surface area contributed by atoms with Crippen molar-refractivity contribution in [2.24, 2.45) is 5.41 Å². The molecule has 0 atom stereocenters. The normalized spacial score (nSPS) is 13.2. The Morgan fingerprint density at radius 1 is 1.12 bits per heavy atom. The van der Waals surface area contributed by atoms with E-state index in [4.69, 9.17) is 25.5 Å². The van der Waals surface area contributed by atoms with E-state index in [1.165, 1.54) is 0 Å². The Kier molecular flexibility index (Phi) is 5.79. The summed E-state index contributed by atoms with van der Waals surface area (Å²) in [5.41, 5.74) is -1.71. The molecule has 5 N–H and O–H groups in total. The standard InChI is InChI=1S/C9H16O7/c1-6(7(13)14)8(15)16-5-9(2-10,3-11)4-12/h10-12,15H,2-5H2,1H3,(H,13,14). The summed E-state index contributed by atoms with van der Waals surface area (Å²) in [6, 6.07) is 0. The number of carboxylic acid groups (broad SMARTS) is 1. The number of hydrogen-bond donors (Lipinski definition) is 5. The van der Waals surface area contributed by atoms with Crippen molar-refractivity contribution < 1.29 is 35.1 Å². The lowest BCUT2D eigenvalue weighted by molar-refractivity contribution is -0.133. The van der Waals surface area contributed by atoms with Crippen LogP contribution in [0.25, 0.3) is 0 Å². The molecule has 0 rings (SSSR count). The predicted molar refractivity (Wildman–Crippen MR) is 52.6 cm³/mol. The van der Waals surface area contributed by atoms with E-state index in [2.05, 4.69) is 4.74 Å². The van der Waals surface area contributed by atoms with Crippen LogP contribution in [0.3, 0.4) is 0 Å². The van der Waals surface area contributed by atoms with Gasteiger partial charge in [-0.1, -0.05) is 0 Å². The monoisotopic (exact) mass is 236 g/mol. The van der Waals surface area contributed by atoms with Crippen molar-refractivity contribution in [3.05, 3.63) is 11.5 Å². The van der Waals surface area contributed by atoms with Crippen LogP contribution >= 0.6 is 0 Å². The molecule has 0 aromatic carbocycles. The highest BCUT2D eigenvalue weighted by molar-refractivity contribution is 5.85. The Balaban J connectivity index is 4.54. The third kappa shape index (κ3) is 3.69. The molecule has 0 fully saturated rings. The van der Waals surface area contributed by atoms with Crippen LogP contribution in [-0.2, 0) is 9.53 Å². The summed E-state index contributed by atoms with van der Waals surface area (Å²) >= 11 is 0. The molecule has 94 valence electrons. The topological polar surface area (TPSA) is 127 Å². The van der Waals surface area contributed by atoms with Crippen molar-refractivity contribution in [2.75, 3.05) is 26.4 Å². The van der Waals surface area contributed by atoms with E-state index in [1.807, 2.05) is 0 Å². The molecule has 0 unspecified atom stereocenters. The van der Waals surface area contributed by atoms with Crippen molar-refractivity contribution in [3.63, 3.8) is 0 Å². The lowest BCUT2D eigenvalue weighted by Gasteiger charge is -2.26. The molecule has 0 aliphatic heterocycles. The Hall–Kier alpha value is -1.31. The van der Waals surface area contributed by atoms with Gasteiger partial charge in [0.05, 0.1) is 25.2 Å². The van der Waals surface area contributed by atoms with Crippen LogP contribution in [0.5, 0.6) is 0 Å². The minimum Gasteiger partial charge on any atom is -0.481 e. The molecule has 7 heteroatoms. The van der Waals surface area contributed by atoms with Crippen LogP contribution in [0.1, 0.15) is 6.92 Å². The van der Waals surface area contributed by atoms with Crippen LogP contribution in [0, 0.1) is 5.41 Å². The Morgan fingerprint density at radius 2 is 1.56 bits per heavy atom. The van der Waals surface area contributed by atoms with Gasteiger partial charge in [0.2, 0.25) is 0 Å². The van der Waals surface area contributed by atoms with Crippen LogP contribution < -0.4 is 0 Å². The zero-order chi connectivity index (χ0) is 12.8. The van der Waals surface area contributed by atoms with Gasteiger partial charge in [-0.2, -0.15) is 0 Å². The van der Waals surface area contributed by atoms with E-state index < -0.39 is 49.3 Å². The predicted octanol–water partition coefficient (Wildman–Crippen LogP) is -1.16. The van der Waals surface area contributed by atoms with E-state index in [0.717, 1.165) is 6.92 Å². The van der Waals surface area contributed by atoms with Gasteiger partial charge in [0, 0.05) is 0 Å². The summed E-state index contributed by atoms with van der Waals surface area (Å²) in [4.78, 5) is 10.4.